The van der Waals surface area contributed by atoms with Crippen molar-refractivity contribution in [1.29, 1.82) is 0 Å². The summed E-state index contributed by atoms with van der Waals surface area (Å²) in [5.74, 6) is 0.253. The molecule has 112 valence electrons. The summed E-state index contributed by atoms with van der Waals surface area (Å²) in [6, 6.07) is 6.59. The third-order valence-corrected chi connectivity index (χ3v) is 4.81. The molecule has 0 radical (unpaired) electrons. The van der Waals surface area contributed by atoms with Gasteiger partial charge in [0.05, 0.1) is 9.88 Å². The first-order chi connectivity index (χ1) is 9.26. The predicted octanol–water partition coefficient (Wildman–Crippen LogP) is 2.23. The highest BCUT2D eigenvalue weighted by Gasteiger charge is 2.20. The number of benzene rings is 1. The Labute approximate surface area is 126 Å². The van der Waals surface area contributed by atoms with Crippen LogP contribution in [0.1, 0.15) is 32.8 Å². The van der Waals surface area contributed by atoms with E-state index in [4.69, 9.17) is 18.0 Å². The molecule has 1 aromatic rings. The van der Waals surface area contributed by atoms with E-state index in [1.165, 1.54) is 0 Å². The number of nitrogens with two attached hydrogens (primary N) is 1. The third-order valence-electron chi connectivity index (χ3n) is 3.16. The topological polar surface area (TPSA) is 72.2 Å². The molecule has 0 bridgehead atoms. The van der Waals surface area contributed by atoms with Crippen molar-refractivity contribution in [3.05, 3.63) is 29.8 Å². The van der Waals surface area contributed by atoms with Crippen LogP contribution in [0.25, 0.3) is 0 Å². The van der Waals surface area contributed by atoms with Crippen LogP contribution in [-0.2, 0) is 16.4 Å². The second-order valence-corrected chi connectivity index (χ2v) is 7.41. The van der Waals surface area contributed by atoms with Crippen LogP contribution >= 0.6 is 12.2 Å². The lowest BCUT2D eigenvalue weighted by molar-refractivity contribution is 0.437. The summed E-state index contributed by atoms with van der Waals surface area (Å²) in [4.78, 5) is 0.660. The molecule has 1 atom stereocenters. The molecule has 0 saturated carbocycles. The predicted molar refractivity (Wildman–Crippen MR) is 86.2 cm³/mol. The van der Waals surface area contributed by atoms with Crippen molar-refractivity contribution in [2.45, 2.75) is 44.6 Å². The van der Waals surface area contributed by atoms with Gasteiger partial charge in [0.1, 0.15) is 0 Å². The van der Waals surface area contributed by atoms with Crippen molar-refractivity contribution in [1.82, 2.24) is 4.72 Å². The van der Waals surface area contributed by atoms with E-state index in [1.54, 1.807) is 24.3 Å². The van der Waals surface area contributed by atoms with Gasteiger partial charge in [0.2, 0.25) is 10.0 Å². The zero-order chi connectivity index (χ0) is 15.3. The summed E-state index contributed by atoms with van der Waals surface area (Å²) >= 11 is 4.83. The number of rotatable bonds is 7. The van der Waals surface area contributed by atoms with Gasteiger partial charge in [-0.1, -0.05) is 45.1 Å². The van der Waals surface area contributed by atoms with Gasteiger partial charge in [-0.3, -0.25) is 0 Å². The fourth-order valence-corrected chi connectivity index (χ4v) is 3.58. The zero-order valence-corrected chi connectivity index (χ0v) is 13.7. The smallest absolute Gasteiger partial charge is 0.240 e. The van der Waals surface area contributed by atoms with Gasteiger partial charge in [0, 0.05) is 12.5 Å². The maximum atomic E-state index is 12.3. The average Bonchev–Trinajstić information content (AvgIpc) is 2.35. The standard InChI is InChI=1S/C14H22N2O2S2/c1-4-13(10(2)3)16-20(17,18)12-7-5-11(6-8-12)9-14(15)19/h5-8,10,13,16H,4,9H2,1-3H3,(H2,15,19). The minimum Gasteiger partial charge on any atom is -0.393 e. The maximum absolute atomic E-state index is 12.3. The van der Waals surface area contributed by atoms with Crippen molar-refractivity contribution in [2.75, 3.05) is 0 Å². The molecular formula is C14H22N2O2S2. The highest BCUT2D eigenvalue weighted by Crippen LogP contribution is 2.14. The van der Waals surface area contributed by atoms with E-state index in [0.29, 0.717) is 11.4 Å². The lowest BCUT2D eigenvalue weighted by Gasteiger charge is -2.20. The van der Waals surface area contributed by atoms with E-state index in [9.17, 15) is 8.42 Å². The summed E-state index contributed by atoms with van der Waals surface area (Å²) in [5, 5.41) is 0. The molecular weight excluding hydrogens is 292 g/mol. The molecule has 4 nitrogen and oxygen atoms in total. The largest absolute Gasteiger partial charge is 0.393 e. The van der Waals surface area contributed by atoms with Gasteiger partial charge in [-0.25, -0.2) is 13.1 Å². The Morgan fingerprint density at radius 3 is 2.25 bits per heavy atom. The third kappa shape index (κ3) is 4.85. The maximum Gasteiger partial charge on any atom is 0.240 e. The number of thiocarbonyl (C=S) groups is 1. The normalized spacial score (nSPS) is 13.4. The molecule has 0 aliphatic rings. The molecule has 0 aliphatic heterocycles. The summed E-state index contributed by atoms with van der Waals surface area (Å²) in [6.45, 7) is 5.97. The van der Waals surface area contributed by atoms with E-state index < -0.39 is 10.0 Å². The summed E-state index contributed by atoms with van der Waals surface area (Å²) < 4.78 is 27.3. The molecule has 0 spiro atoms. The van der Waals surface area contributed by atoms with Crippen molar-refractivity contribution >= 4 is 27.2 Å². The number of hydrogen-bond acceptors (Lipinski definition) is 3. The molecule has 1 aromatic carbocycles. The summed E-state index contributed by atoms with van der Waals surface area (Å²) in [7, 11) is -3.48. The Hall–Kier alpha value is -0.980. The van der Waals surface area contributed by atoms with Crippen molar-refractivity contribution in [2.24, 2.45) is 11.7 Å². The van der Waals surface area contributed by atoms with Gasteiger partial charge < -0.3 is 5.73 Å². The van der Waals surface area contributed by atoms with Crippen LogP contribution in [-0.4, -0.2) is 19.4 Å². The minimum atomic E-state index is -3.48. The number of sulfonamides is 1. The summed E-state index contributed by atoms with van der Waals surface area (Å²) in [5.41, 5.74) is 6.38. The lowest BCUT2D eigenvalue weighted by Crippen LogP contribution is -2.37. The van der Waals surface area contributed by atoms with Crippen LogP contribution in [0.4, 0.5) is 0 Å². The van der Waals surface area contributed by atoms with Crippen molar-refractivity contribution in [3.8, 4) is 0 Å². The Morgan fingerprint density at radius 2 is 1.85 bits per heavy atom. The zero-order valence-electron chi connectivity index (χ0n) is 12.1. The van der Waals surface area contributed by atoms with Gasteiger partial charge in [0.25, 0.3) is 0 Å². The highest BCUT2D eigenvalue weighted by molar-refractivity contribution is 7.89. The SMILES string of the molecule is CCC(NS(=O)(=O)c1ccc(CC(N)=S)cc1)C(C)C. The first-order valence-electron chi connectivity index (χ1n) is 6.65. The fraction of sp³-hybridized carbons (Fsp3) is 0.500. The Balaban J connectivity index is 2.90. The Kier molecular flexibility index (Phi) is 6.10. The van der Waals surface area contributed by atoms with Gasteiger partial charge in [-0.2, -0.15) is 0 Å². The lowest BCUT2D eigenvalue weighted by atomic mass is 10.0. The molecule has 6 heteroatoms. The molecule has 3 N–H and O–H groups in total. The highest BCUT2D eigenvalue weighted by atomic mass is 32.2. The second kappa shape index (κ2) is 7.15. The van der Waals surface area contributed by atoms with Gasteiger partial charge in [-0.05, 0) is 30.0 Å². The van der Waals surface area contributed by atoms with Crippen LogP contribution < -0.4 is 10.5 Å². The first kappa shape index (κ1) is 17.1. The molecule has 0 fully saturated rings. The van der Waals surface area contributed by atoms with E-state index in [1.807, 2.05) is 20.8 Å². The molecule has 0 saturated heterocycles. The second-order valence-electron chi connectivity index (χ2n) is 5.17. The van der Waals surface area contributed by atoms with E-state index in [-0.39, 0.29) is 16.9 Å². The fourth-order valence-electron chi connectivity index (χ4n) is 1.95. The molecule has 1 rings (SSSR count). The first-order valence-corrected chi connectivity index (χ1v) is 8.55. The molecule has 0 aliphatic carbocycles. The van der Waals surface area contributed by atoms with E-state index >= 15 is 0 Å². The van der Waals surface area contributed by atoms with E-state index in [0.717, 1.165) is 12.0 Å². The molecule has 1 unspecified atom stereocenters. The van der Waals surface area contributed by atoms with Crippen molar-refractivity contribution in [3.63, 3.8) is 0 Å². The summed E-state index contributed by atoms with van der Waals surface area (Å²) in [6.07, 6.45) is 1.24. The monoisotopic (exact) mass is 314 g/mol. The number of hydrogen-bond donors (Lipinski definition) is 2. The number of nitrogens with one attached hydrogen (secondary N) is 1. The molecule has 0 aromatic heterocycles. The quantitative estimate of drug-likeness (QED) is 0.757. The average molecular weight is 314 g/mol. The molecule has 20 heavy (non-hydrogen) atoms. The van der Waals surface area contributed by atoms with Crippen LogP contribution in [0.5, 0.6) is 0 Å². The van der Waals surface area contributed by atoms with Gasteiger partial charge in [0.15, 0.2) is 0 Å². The van der Waals surface area contributed by atoms with Crippen LogP contribution in [0.2, 0.25) is 0 Å². The van der Waals surface area contributed by atoms with Crippen molar-refractivity contribution < 1.29 is 8.42 Å². The Morgan fingerprint density at radius 1 is 1.30 bits per heavy atom. The molecule has 0 heterocycles. The van der Waals surface area contributed by atoms with Gasteiger partial charge >= 0.3 is 0 Å². The van der Waals surface area contributed by atoms with Gasteiger partial charge in [-0.15, -0.1) is 0 Å². The van der Waals surface area contributed by atoms with Crippen LogP contribution in [0.3, 0.4) is 0 Å². The molecule has 0 amide bonds. The van der Waals surface area contributed by atoms with Crippen LogP contribution in [0, 0.1) is 5.92 Å². The van der Waals surface area contributed by atoms with Crippen LogP contribution in [0.15, 0.2) is 29.2 Å². The Bertz CT molecular complexity index is 551. The minimum absolute atomic E-state index is 0.0590. The van der Waals surface area contributed by atoms with E-state index in [2.05, 4.69) is 4.72 Å².